The van der Waals surface area contributed by atoms with Gasteiger partial charge in [-0.2, -0.15) is 0 Å². The van der Waals surface area contributed by atoms with Crippen LogP contribution in [0.25, 0.3) is 0 Å². The van der Waals surface area contributed by atoms with Gasteiger partial charge in [0.2, 0.25) is 10.0 Å². The highest BCUT2D eigenvalue weighted by Crippen LogP contribution is 2.20. The first-order valence-corrected chi connectivity index (χ1v) is 9.29. The van der Waals surface area contributed by atoms with Gasteiger partial charge in [-0.05, 0) is 43.6 Å². The molecule has 2 rings (SSSR count). The summed E-state index contributed by atoms with van der Waals surface area (Å²) in [5, 5.41) is 0.734. The van der Waals surface area contributed by atoms with Crippen molar-refractivity contribution in [3.05, 3.63) is 29.8 Å². The Morgan fingerprint density at radius 3 is 2.50 bits per heavy atom. The van der Waals surface area contributed by atoms with Crippen molar-refractivity contribution in [2.24, 2.45) is 5.92 Å². The van der Waals surface area contributed by atoms with Gasteiger partial charge in [-0.1, -0.05) is 28.1 Å². The second-order valence-corrected chi connectivity index (χ2v) is 8.09. The predicted molar refractivity (Wildman–Crippen MR) is 84.5 cm³/mol. The van der Waals surface area contributed by atoms with Crippen LogP contribution in [0.3, 0.4) is 0 Å². The van der Waals surface area contributed by atoms with Crippen LogP contribution < -0.4 is 0 Å². The number of halogens is 1. The molecule has 0 bridgehead atoms. The summed E-state index contributed by atoms with van der Waals surface area (Å²) in [6, 6.07) is 7.06. The lowest BCUT2D eigenvalue weighted by atomic mass is 10.1. The molecule has 1 heterocycles. The van der Waals surface area contributed by atoms with E-state index in [0.717, 1.165) is 30.4 Å². The highest BCUT2D eigenvalue weighted by molar-refractivity contribution is 9.08. The summed E-state index contributed by atoms with van der Waals surface area (Å²) >= 11 is 3.36. The van der Waals surface area contributed by atoms with Crippen molar-refractivity contribution < 1.29 is 8.42 Å². The minimum Gasteiger partial charge on any atom is -0.306 e. The molecule has 4 nitrogen and oxygen atoms in total. The van der Waals surface area contributed by atoms with Gasteiger partial charge >= 0.3 is 0 Å². The average Bonchev–Trinajstić information content (AvgIpc) is 2.84. The van der Waals surface area contributed by atoms with E-state index in [1.54, 1.807) is 19.2 Å². The van der Waals surface area contributed by atoms with Crippen LogP contribution in [0.1, 0.15) is 12.0 Å². The lowest BCUT2D eigenvalue weighted by Crippen LogP contribution is -2.32. The van der Waals surface area contributed by atoms with Gasteiger partial charge in [0.25, 0.3) is 0 Å². The lowest BCUT2D eigenvalue weighted by Gasteiger charge is -2.21. The molecule has 0 N–H and O–H groups in total. The summed E-state index contributed by atoms with van der Waals surface area (Å²) in [6.45, 7) is 2.62. The van der Waals surface area contributed by atoms with Crippen LogP contribution in [0.5, 0.6) is 0 Å². The van der Waals surface area contributed by atoms with E-state index < -0.39 is 10.0 Å². The van der Waals surface area contributed by atoms with Crippen molar-refractivity contribution in [2.75, 3.05) is 33.7 Å². The quantitative estimate of drug-likeness (QED) is 0.755. The maximum Gasteiger partial charge on any atom is 0.242 e. The van der Waals surface area contributed by atoms with E-state index in [0.29, 0.717) is 17.4 Å². The van der Waals surface area contributed by atoms with Crippen LogP contribution in [0.15, 0.2) is 29.2 Å². The summed E-state index contributed by atoms with van der Waals surface area (Å²) in [5.41, 5.74) is 1.07. The summed E-state index contributed by atoms with van der Waals surface area (Å²) in [4.78, 5) is 2.62. The molecule has 0 spiro atoms. The predicted octanol–water partition coefficient (Wildman–Crippen LogP) is 2.15. The molecule has 0 saturated carbocycles. The van der Waals surface area contributed by atoms with Gasteiger partial charge in [-0.25, -0.2) is 12.7 Å². The Bertz CT molecular complexity index is 545. The van der Waals surface area contributed by atoms with Gasteiger partial charge in [0.15, 0.2) is 0 Å². The van der Waals surface area contributed by atoms with Gasteiger partial charge < -0.3 is 4.90 Å². The Morgan fingerprint density at radius 1 is 1.35 bits per heavy atom. The molecule has 1 aromatic rings. The van der Waals surface area contributed by atoms with Gasteiger partial charge in [-0.15, -0.1) is 0 Å². The van der Waals surface area contributed by atoms with Gasteiger partial charge in [0.1, 0.15) is 0 Å². The monoisotopic (exact) mass is 360 g/mol. The average molecular weight is 361 g/mol. The summed E-state index contributed by atoms with van der Waals surface area (Å²) < 4.78 is 26.5. The van der Waals surface area contributed by atoms with Crippen molar-refractivity contribution in [1.82, 2.24) is 9.21 Å². The summed E-state index contributed by atoms with van der Waals surface area (Å²) in [6.07, 6.45) is 1.07. The molecule has 1 fully saturated rings. The molecule has 6 heteroatoms. The number of rotatable bonds is 5. The minimum atomic E-state index is -3.37. The molecular formula is C14H21BrN2O2S. The zero-order valence-electron chi connectivity index (χ0n) is 11.9. The normalized spacial score (nSPS) is 20.7. The van der Waals surface area contributed by atoms with E-state index in [1.165, 1.54) is 4.31 Å². The number of likely N-dealkylation sites (tertiary alicyclic amines) is 1. The summed E-state index contributed by atoms with van der Waals surface area (Å²) in [5.74, 6) is 0.432. The molecule has 1 saturated heterocycles. The minimum absolute atomic E-state index is 0.371. The van der Waals surface area contributed by atoms with Crippen molar-refractivity contribution in [2.45, 2.75) is 16.6 Å². The third kappa shape index (κ3) is 3.61. The van der Waals surface area contributed by atoms with E-state index >= 15 is 0 Å². The fraction of sp³-hybridized carbons (Fsp3) is 0.571. The third-order valence-corrected chi connectivity index (χ3v) is 6.28. The first-order valence-electron chi connectivity index (χ1n) is 6.73. The maximum atomic E-state index is 12.5. The fourth-order valence-electron chi connectivity index (χ4n) is 2.57. The van der Waals surface area contributed by atoms with Crippen molar-refractivity contribution in [1.29, 1.82) is 0 Å². The van der Waals surface area contributed by atoms with Crippen molar-refractivity contribution in [3.8, 4) is 0 Å². The van der Waals surface area contributed by atoms with Crippen LogP contribution in [0.2, 0.25) is 0 Å². The lowest BCUT2D eigenvalue weighted by molar-refractivity contribution is 0.357. The molecule has 0 aliphatic carbocycles. The molecule has 1 aliphatic heterocycles. The molecule has 112 valence electrons. The standard InChI is InChI=1S/C14H21BrN2O2S/c1-16-8-7-13(10-16)11-17(2)20(18,19)14-5-3-12(9-15)4-6-14/h3-6,13H,7-11H2,1-2H3. The first-order chi connectivity index (χ1) is 9.43. The number of benzene rings is 1. The van der Waals surface area contributed by atoms with Crippen molar-refractivity contribution in [3.63, 3.8) is 0 Å². The first kappa shape index (κ1) is 15.9. The maximum absolute atomic E-state index is 12.5. The second kappa shape index (κ2) is 6.56. The number of hydrogen-bond acceptors (Lipinski definition) is 3. The second-order valence-electron chi connectivity index (χ2n) is 5.48. The van der Waals surface area contributed by atoms with E-state index in [9.17, 15) is 8.42 Å². The third-order valence-electron chi connectivity index (χ3n) is 3.79. The Kier molecular flexibility index (Phi) is 5.23. The Morgan fingerprint density at radius 2 is 2.00 bits per heavy atom. The number of sulfonamides is 1. The SMILES string of the molecule is CN1CCC(CN(C)S(=O)(=O)c2ccc(CBr)cc2)C1. The van der Waals surface area contributed by atoms with Gasteiger partial charge in [-0.3, -0.25) is 0 Å². The number of nitrogens with zero attached hydrogens (tertiary/aromatic N) is 2. The number of alkyl halides is 1. The van der Waals surface area contributed by atoms with Crippen LogP contribution in [-0.2, 0) is 15.4 Å². The van der Waals surface area contributed by atoms with Crippen LogP contribution >= 0.6 is 15.9 Å². The highest BCUT2D eigenvalue weighted by Gasteiger charge is 2.27. The Balaban J connectivity index is 2.08. The Labute approximate surface area is 129 Å². The molecule has 1 atom stereocenters. The van der Waals surface area contributed by atoms with Crippen LogP contribution in [0, 0.1) is 5.92 Å². The van der Waals surface area contributed by atoms with Crippen molar-refractivity contribution >= 4 is 26.0 Å². The zero-order chi connectivity index (χ0) is 14.8. The van der Waals surface area contributed by atoms with Gasteiger partial charge in [0, 0.05) is 25.5 Å². The zero-order valence-corrected chi connectivity index (χ0v) is 14.3. The van der Waals surface area contributed by atoms with Crippen LogP contribution in [-0.4, -0.2) is 51.4 Å². The largest absolute Gasteiger partial charge is 0.306 e. The van der Waals surface area contributed by atoms with Crippen LogP contribution in [0.4, 0.5) is 0 Å². The number of hydrogen-bond donors (Lipinski definition) is 0. The highest BCUT2D eigenvalue weighted by atomic mass is 79.9. The Hall–Kier alpha value is -0.430. The molecule has 20 heavy (non-hydrogen) atoms. The summed E-state index contributed by atoms with van der Waals surface area (Å²) in [7, 11) is 0.380. The van der Waals surface area contributed by atoms with E-state index in [-0.39, 0.29) is 0 Å². The smallest absolute Gasteiger partial charge is 0.242 e. The topological polar surface area (TPSA) is 40.6 Å². The molecule has 1 aliphatic rings. The molecular weight excluding hydrogens is 340 g/mol. The molecule has 1 aromatic carbocycles. The fourth-order valence-corrected chi connectivity index (χ4v) is 4.19. The molecule has 0 aromatic heterocycles. The molecule has 0 radical (unpaired) electrons. The molecule has 1 unspecified atom stereocenters. The van der Waals surface area contributed by atoms with E-state index in [4.69, 9.17) is 0 Å². The van der Waals surface area contributed by atoms with E-state index in [1.807, 2.05) is 12.1 Å². The van der Waals surface area contributed by atoms with Gasteiger partial charge in [0.05, 0.1) is 4.90 Å². The van der Waals surface area contributed by atoms with E-state index in [2.05, 4.69) is 27.9 Å². The molecule has 0 amide bonds.